The van der Waals surface area contributed by atoms with Gasteiger partial charge in [0.05, 0.1) is 17.9 Å². The molecule has 0 radical (unpaired) electrons. The van der Waals surface area contributed by atoms with Crippen molar-refractivity contribution in [3.05, 3.63) is 77.4 Å². The van der Waals surface area contributed by atoms with Crippen LogP contribution in [0.15, 0.2) is 68.8 Å². The molecule has 2 heterocycles. The van der Waals surface area contributed by atoms with E-state index >= 15 is 0 Å². The fourth-order valence-electron chi connectivity index (χ4n) is 2.48. The van der Waals surface area contributed by atoms with Crippen LogP contribution < -0.4 is 5.32 Å². The van der Waals surface area contributed by atoms with Crippen LogP contribution in [0.3, 0.4) is 0 Å². The van der Waals surface area contributed by atoms with Crippen LogP contribution in [-0.4, -0.2) is 26.8 Å². The third kappa shape index (κ3) is 5.27. The third-order valence-electron chi connectivity index (χ3n) is 3.82. The van der Waals surface area contributed by atoms with E-state index in [2.05, 4.69) is 20.4 Å². The minimum atomic E-state index is -0.343. The zero-order valence-corrected chi connectivity index (χ0v) is 16.7. The van der Waals surface area contributed by atoms with Crippen LogP contribution in [0.25, 0.3) is 11.4 Å². The summed E-state index contributed by atoms with van der Waals surface area (Å²) in [7, 11) is 0. The van der Waals surface area contributed by atoms with E-state index in [1.807, 2.05) is 35.7 Å². The maximum Gasteiger partial charge on any atom is 0.234 e. The molecule has 0 aliphatic heterocycles. The van der Waals surface area contributed by atoms with Crippen molar-refractivity contribution in [3.63, 3.8) is 0 Å². The molecule has 6 nitrogen and oxygen atoms in total. The maximum atomic E-state index is 12.9. The molecule has 4 rings (SSSR count). The number of nitrogens with zero attached hydrogens (tertiary/aromatic N) is 3. The van der Waals surface area contributed by atoms with E-state index < -0.39 is 0 Å². The third-order valence-corrected chi connectivity index (χ3v) is 5.89. The van der Waals surface area contributed by atoms with Gasteiger partial charge in [-0.15, -0.1) is 11.3 Å². The zero-order valence-electron chi connectivity index (χ0n) is 15.0. The molecule has 0 aliphatic rings. The SMILES string of the molecule is O=C(CSc1nc(Cc2nc(-c3ccccc3)no2)cs1)Nc1ccc(F)cc1. The maximum absolute atomic E-state index is 12.9. The Balaban J connectivity index is 1.30. The molecule has 2 aromatic heterocycles. The second-order valence-electron chi connectivity index (χ2n) is 6.00. The molecule has 1 amide bonds. The van der Waals surface area contributed by atoms with E-state index in [4.69, 9.17) is 4.52 Å². The Morgan fingerprint density at radius 3 is 2.69 bits per heavy atom. The predicted octanol–water partition coefficient (Wildman–Crippen LogP) is 4.65. The first-order valence-corrected chi connectivity index (χ1v) is 10.5. The molecule has 0 unspecified atom stereocenters. The van der Waals surface area contributed by atoms with Crippen molar-refractivity contribution in [3.8, 4) is 11.4 Å². The molecule has 4 aromatic rings. The molecule has 0 atom stereocenters. The molecule has 0 spiro atoms. The number of benzene rings is 2. The standard InChI is InChI=1S/C20H15FN4O2S2/c21-14-6-8-15(9-7-14)22-17(26)12-29-20-23-16(11-28-20)10-18-24-19(25-27-18)13-4-2-1-3-5-13/h1-9,11H,10,12H2,(H,22,26). The predicted molar refractivity (Wildman–Crippen MR) is 110 cm³/mol. The quantitative estimate of drug-likeness (QED) is 0.433. The van der Waals surface area contributed by atoms with Gasteiger partial charge in [-0.2, -0.15) is 4.98 Å². The minimum Gasteiger partial charge on any atom is -0.339 e. The summed E-state index contributed by atoms with van der Waals surface area (Å²) in [6.45, 7) is 0. The van der Waals surface area contributed by atoms with E-state index in [-0.39, 0.29) is 17.5 Å². The van der Waals surface area contributed by atoms with Crippen molar-refractivity contribution >= 4 is 34.7 Å². The molecule has 0 bridgehead atoms. The fraction of sp³-hybridized carbons (Fsp3) is 0.100. The van der Waals surface area contributed by atoms with Crippen molar-refractivity contribution in [1.29, 1.82) is 0 Å². The summed E-state index contributed by atoms with van der Waals surface area (Å²) in [5.74, 6) is 0.721. The molecular weight excluding hydrogens is 411 g/mol. The second kappa shape index (κ2) is 8.97. The Bertz CT molecular complexity index is 1100. The number of thioether (sulfide) groups is 1. The van der Waals surface area contributed by atoms with Gasteiger partial charge in [0.1, 0.15) is 5.82 Å². The van der Waals surface area contributed by atoms with Gasteiger partial charge in [0.25, 0.3) is 0 Å². The van der Waals surface area contributed by atoms with E-state index in [1.165, 1.54) is 47.4 Å². The lowest BCUT2D eigenvalue weighted by atomic mass is 10.2. The fourth-order valence-corrected chi connectivity index (χ4v) is 4.12. The molecule has 0 saturated heterocycles. The highest BCUT2D eigenvalue weighted by Crippen LogP contribution is 2.24. The van der Waals surface area contributed by atoms with Gasteiger partial charge in [0.15, 0.2) is 4.34 Å². The van der Waals surface area contributed by atoms with Crippen LogP contribution >= 0.6 is 23.1 Å². The smallest absolute Gasteiger partial charge is 0.234 e. The first kappa shape index (κ1) is 19.3. The molecule has 146 valence electrons. The molecule has 0 aliphatic carbocycles. The van der Waals surface area contributed by atoms with Gasteiger partial charge < -0.3 is 9.84 Å². The monoisotopic (exact) mass is 426 g/mol. The number of rotatable bonds is 7. The number of hydrogen-bond acceptors (Lipinski definition) is 7. The first-order chi connectivity index (χ1) is 14.2. The lowest BCUT2D eigenvalue weighted by Crippen LogP contribution is -2.13. The van der Waals surface area contributed by atoms with Crippen LogP contribution in [0.2, 0.25) is 0 Å². The summed E-state index contributed by atoms with van der Waals surface area (Å²) in [5.41, 5.74) is 2.26. The van der Waals surface area contributed by atoms with Gasteiger partial charge in [0, 0.05) is 16.6 Å². The normalized spacial score (nSPS) is 10.8. The Labute approximate surface area is 174 Å². The first-order valence-electron chi connectivity index (χ1n) is 8.66. The van der Waals surface area contributed by atoms with Gasteiger partial charge >= 0.3 is 0 Å². The number of carbonyl (C=O) groups is 1. The van der Waals surface area contributed by atoms with E-state index in [0.717, 1.165) is 15.6 Å². The summed E-state index contributed by atoms with van der Waals surface area (Å²) in [6, 6.07) is 15.3. The Morgan fingerprint density at radius 2 is 1.90 bits per heavy atom. The molecular formula is C20H15FN4O2S2. The molecule has 1 N–H and O–H groups in total. The molecule has 29 heavy (non-hydrogen) atoms. The molecule has 0 fully saturated rings. The van der Waals surface area contributed by atoms with Gasteiger partial charge in [0.2, 0.25) is 17.6 Å². The van der Waals surface area contributed by atoms with Crippen molar-refractivity contribution in [2.75, 3.05) is 11.1 Å². The topological polar surface area (TPSA) is 80.9 Å². The van der Waals surface area contributed by atoms with Crippen molar-refractivity contribution in [2.45, 2.75) is 10.8 Å². The Kier molecular flexibility index (Phi) is 5.97. The van der Waals surface area contributed by atoms with Gasteiger partial charge in [-0.05, 0) is 24.3 Å². The number of hydrogen-bond donors (Lipinski definition) is 1. The average molecular weight is 426 g/mol. The number of amides is 1. The van der Waals surface area contributed by atoms with Gasteiger partial charge in [-0.25, -0.2) is 9.37 Å². The van der Waals surface area contributed by atoms with Gasteiger partial charge in [-0.1, -0.05) is 47.3 Å². The number of thiazole rings is 1. The van der Waals surface area contributed by atoms with Crippen LogP contribution in [0.5, 0.6) is 0 Å². The lowest BCUT2D eigenvalue weighted by molar-refractivity contribution is -0.113. The highest BCUT2D eigenvalue weighted by molar-refractivity contribution is 8.01. The van der Waals surface area contributed by atoms with Crippen molar-refractivity contribution < 1.29 is 13.7 Å². The highest BCUT2D eigenvalue weighted by atomic mass is 32.2. The van der Waals surface area contributed by atoms with Gasteiger partial charge in [-0.3, -0.25) is 4.79 Å². The summed E-state index contributed by atoms with van der Waals surface area (Å²) in [6.07, 6.45) is 0.429. The minimum absolute atomic E-state index is 0.178. The number of halogens is 1. The number of anilines is 1. The van der Waals surface area contributed by atoms with E-state index in [9.17, 15) is 9.18 Å². The Morgan fingerprint density at radius 1 is 1.10 bits per heavy atom. The lowest BCUT2D eigenvalue weighted by Gasteiger charge is -2.03. The van der Waals surface area contributed by atoms with Crippen LogP contribution in [0.4, 0.5) is 10.1 Å². The van der Waals surface area contributed by atoms with E-state index in [1.54, 1.807) is 0 Å². The average Bonchev–Trinajstić information content (AvgIpc) is 3.39. The van der Waals surface area contributed by atoms with Crippen LogP contribution in [0.1, 0.15) is 11.6 Å². The molecule has 0 saturated carbocycles. The highest BCUT2D eigenvalue weighted by Gasteiger charge is 2.12. The second-order valence-corrected chi connectivity index (χ2v) is 8.08. The summed E-state index contributed by atoms with van der Waals surface area (Å²) in [4.78, 5) is 20.9. The summed E-state index contributed by atoms with van der Waals surface area (Å²) in [5, 5.41) is 8.63. The summed E-state index contributed by atoms with van der Waals surface area (Å²) < 4.78 is 19.0. The largest absolute Gasteiger partial charge is 0.339 e. The Hall–Kier alpha value is -3.04. The zero-order chi connectivity index (χ0) is 20.1. The summed E-state index contributed by atoms with van der Waals surface area (Å²) >= 11 is 2.79. The van der Waals surface area contributed by atoms with Crippen molar-refractivity contribution in [1.82, 2.24) is 15.1 Å². The number of carbonyl (C=O) groups excluding carboxylic acids is 1. The van der Waals surface area contributed by atoms with E-state index in [0.29, 0.717) is 23.8 Å². The molecule has 2 aromatic carbocycles. The van der Waals surface area contributed by atoms with Crippen molar-refractivity contribution in [2.24, 2.45) is 0 Å². The van der Waals surface area contributed by atoms with Crippen LogP contribution in [-0.2, 0) is 11.2 Å². The number of aromatic nitrogens is 3. The van der Waals surface area contributed by atoms with Crippen LogP contribution in [0, 0.1) is 5.82 Å². The molecule has 9 heteroatoms. The number of nitrogens with one attached hydrogen (secondary N) is 1.